The number of nitrogens with one attached hydrogen (secondary N) is 1. The number of aromatic hydroxyl groups is 2. The monoisotopic (exact) mass is 290 g/mol. The van der Waals surface area contributed by atoms with E-state index >= 15 is 0 Å². The number of rotatable bonds is 2. The summed E-state index contributed by atoms with van der Waals surface area (Å²) in [5, 5.41) is 33.0. The number of thioether (sulfide) groups is 1. The quantitative estimate of drug-likeness (QED) is 0.340. The van der Waals surface area contributed by atoms with Crippen molar-refractivity contribution >= 4 is 23.1 Å². The van der Waals surface area contributed by atoms with Crippen molar-refractivity contribution in [1.29, 1.82) is 0 Å². The number of nitro groups is 1. The molecule has 20 heavy (non-hydrogen) atoms. The van der Waals surface area contributed by atoms with Gasteiger partial charge in [-0.3, -0.25) is 10.1 Å². The SMILES string of the molecule is O=[N+]([O-])c1ccc(C2Nc3c(O)ccc(O)c3S2)cc1. The highest BCUT2D eigenvalue weighted by atomic mass is 32.2. The lowest BCUT2D eigenvalue weighted by Crippen LogP contribution is -2.01. The van der Waals surface area contributed by atoms with Crippen molar-refractivity contribution in [2.24, 2.45) is 0 Å². The average Bonchev–Trinajstić information content (AvgIpc) is 2.89. The Morgan fingerprint density at radius 1 is 1.10 bits per heavy atom. The molecule has 0 bridgehead atoms. The van der Waals surface area contributed by atoms with Crippen LogP contribution in [-0.4, -0.2) is 15.1 Å². The number of hydrogen-bond donors (Lipinski definition) is 3. The number of phenolic OH excluding ortho intramolecular Hbond substituents is 2. The van der Waals surface area contributed by atoms with Gasteiger partial charge in [-0.1, -0.05) is 11.8 Å². The molecule has 1 unspecified atom stereocenters. The highest BCUT2D eigenvalue weighted by Crippen LogP contribution is 2.53. The topological polar surface area (TPSA) is 95.6 Å². The van der Waals surface area contributed by atoms with Gasteiger partial charge in [-0.15, -0.1) is 0 Å². The van der Waals surface area contributed by atoms with E-state index in [1.54, 1.807) is 12.1 Å². The number of anilines is 1. The molecule has 0 saturated carbocycles. The highest BCUT2D eigenvalue weighted by Gasteiger charge is 2.28. The van der Waals surface area contributed by atoms with Crippen LogP contribution in [0, 0.1) is 10.1 Å². The Kier molecular flexibility index (Phi) is 2.90. The smallest absolute Gasteiger partial charge is 0.269 e. The molecule has 3 N–H and O–H groups in total. The van der Waals surface area contributed by atoms with Crippen LogP contribution >= 0.6 is 11.8 Å². The number of nitro benzene ring substituents is 1. The maximum Gasteiger partial charge on any atom is 0.269 e. The number of non-ortho nitro benzene ring substituents is 1. The maximum atomic E-state index is 10.6. The van der Waals surface area contributed by atoms with Crippen LogP contribution in [0.1, 0.15) is 10.9 Å². The van der Waals surface area contributed by atoms with Gasteiger partial charge in [0, 0.05) is 12.1 Å². The zero-order valence-electron chi connectivity index (χ0n) is 10.1. The summed E-state index contributed by atoms with van der Waals surface area (Å²) in [7, 11) is 0. The van der Waals surface area contributed by atoms with Crippen LogP contribution in [0.15, 0.2) is 41.3 Å². The van der Waals surface area contributed by atoms with Crippen LogP contribution in [0.3, 0.4) is 0 Å². The summed E-state index contributed by atoms with van der Waals surface area (Å²) in [5.74, 6) is 0.162. The molecule has 7 heteroatoms. The molecule has 0 saturated heterocycles. The Labute approximate surface area is 118 Å². The zero-order valence-corrected chi connectivity index (χ0v) is 10.9. The molecule has 6 nitrogen and oxygen atoms in total. The molecule has 1 heterocycles. The van der Waals surface area contributed by atoms with E-state index in [0.717, 1.165) is 5.56 Å². The molecule has 0 amide bonds. The van der Waals surface area contributed by atoms with E-state index in [-0.39, 0.29) is 22.6 Å². The first-order valence-electron chi connectivity index (χ1n) is 5.79. The lowest BCUT2D eigenvalue weighted by Gasteiger charge is -2.10. The number of nitrogens with zero attached hydrogens (tertiary/aromatic N) is 1. The Morgan fingerprint density at radius 2 is 1.75 bits per heavy atom. The van der Waals surface area contributed by atoms with Crippen molar-refractivity contribution in [3.8, 4) is 11.5 Å². The van der Waals surface area contributed by atoms with E-state index in [2.05, 4.69) is 5.32 Å². The summed E-state index contributed by atoms with van der Waals surface area (Å²) in [6.45, 7) is 0. The minimum absolute atomic E-state index is 0.0277. The van der Waals surface area contributed by atoms with E-state index in [4.69, 9.17) is 0 Å². The minimum Gasteiger partial charge on any atom is -0.507 e. The van der Waals surface area contributed by atoms with Crippen molar-refractivity contribution in [2.75, 3.05) is 5.32 Å². The van der Waals surface area contributed by atoms with Crippen LogP contribution in [0.25, 0.3) is 0 Å². The molecule has 0 radical (unpaired) electrons. The van der Waals surface area contributed by atoms with E-state index in [1.165, 1.54) is 36.0 Å². The lowest BCUT2D eigenvalue weighted by molar-refractivity contribution is -0.384. The lowest BCUT2D eigenvalue weighted by atomic mass is 10.2. The zero-order chi connectivity index (χ0) is 14.3. The maximum absolute atomic E-state index is 10.6. The molecule has 0 spiro atoms. The van der Waals surface area contributed by atoms with Crippen LogP contribution in [-0.2, 0) is 0 Å². The fourth-order valence-corrected chi connectivity index (χ4v) is 3.20. The first-order valence-corrected chi connectivity index (χ1v) is 6.66. The van der Waals surface area contributed by atoms with Gasteiger partial charge in [0.2, 0.25) is 0 Å². The molecule has 0 fully saturated rings. The molecular formula is C13H10N2O4S. The van der Waals surface area contributed by atoms with Crippen LogP contribution in [0.2, 0.25) is 0 Å². The third kappa shape index (κ3) is 2.01. The summed E-state index contributed by atoms with van der Waals surface area (Å²) >= 11 is 1.35. The number of phenols is 2. The molecule has 102 valence electrons. The van der Waals surface area contributed by atoms with Crippen molar-refractivity contribution in [1.82, 2.24) is 0 Å². The molecule has 2 aromatic carbocycles. The molecule has 1 atom stereocenters. The largest absolute Gasteiger partial charge is 0.507 e. The predicted octanol–water partition coefficient (Wildman–Crippen LogP) is 3.22. The van der Waals surface area contributed by atoms with Gasteiger partial charge in [0.15, 0.2) is 0 Å². The Hall–Kier alpha value is -2.41. The van der Waals surface area contributed by atoms with Gasteiger partial charge in [0.1, 0.15) is 16.9 Å². The molecule has 0 aromatic heterocycles. The fourth-order valence-electron chi connectivity index (χ4n) is 2.02. The second-order valence-electron chi connectivity index (χ2n) is 4.30. The van der Waals surface area contributed by atoms with Crippen molar-refractivity contribution in [3.63, 3.8) is 0 Å². The molecule has 2 aromatic rings. The second kappa shape index (κ2) is 4.61. The third-order valence-corrected chi connectivity index (χ3v) is 4.31. The molecule has 1 aliphatic rings. The van der Waals surface area contributed by atoms with Crippen LogP contribution < -0.4 is 5.32 Å². The van der Waals surface area contributed by atoms with Crippen molar-refractivity contribution in [2.45, 2.75) is 10.3 Å². The van der Waals surface area contributed by atoms with E-state index in [9.17, 15) is 20.3 Å². The highest BCUT2D eigenvalue weighted by molar-refractivity contribution is 8.00. The van der Waals surface area contributed by atoms with E-state index in [0.29, 0.717) is 10.6 Å². The van der Waals surface area contributed by atoms with Gasteiger partial charge in [0.25, 0.3) is 5.69 Å². The third-order valence-electron chi connectivity index (χ3n) is 3.03. The fraction of sp³-hybridized carbons (Fsp3) is 0.0769. The van der Waals surface area contributed by atoms with Crippen LogP contribution in [0.4, 0.5) is 11.4 Å². The second-order valence-corrected chi connectivity index (χ2v) is 5.41. The van der Waals surface area contributed by atoms with Gasteiger partial charge >= 0.3 is 0 Å². The molecular weight excluding hydrogens is 280 g/mol. The van der Waals surface area contributed by atoms with E-state index < -0.39 is 4.92 Å². The standard InChI is InChI=1S/C13H10N2O4S/c16-9-5-6-10(17)12-11(9)14-13(20-12)7-1-3-8(4-2-7)15(18)19/h1-6,13-14,16-17H. The Morgan fingerprint density at radius 3 is 2.35 bits per heavy atom. The first-order chi connectivity index (χ1) is 9.56. The summed E-state index contributed by atoms with van der Waals surface area (Å²) in [4.78, 5) is 10.7. The summed E-state index contributed by atoms with van der Waals surface area (Å²) in [5.41, 5.74) is 1.34. The number of hydrogen-bond acceptors (Lipinski definition) is 6. The minimum atomic E-state index is -0.453. The summed E-state index contributed by atoms with van der Waals surface area (Å²) in [6, 6.07) is 9.02. The number of fused-ring (bicyclic) bond motifs is 1. The average molecular weight is 290 g/mol. The summed E-state index contributed by atoms with van der Waals surface area (Å²) in [6.07, 6.45) is 0. The van der Waals surface area contributed by atoms with Crippen LogP contribution in [0.5, 0.6) is 11.5 Å². The van der Waals surface area contributed by atoms with E-state index in [1.807, 2.05) is 0 Å². The first kappa shape index (κ1) is 12.6. The normalized spacial score (nSPS) is 16.5. The van der Waals surface area contributed by atoms with Crippen molar-refractivity contribution < 1.29 is 15.1 Å². The van der Waals surface area contributed by atoms with Gasteiger partial charge in [0.05, 0.1) is 15.5 Å². The van der Waals surface area contributed by atoms with Gasteiger partial charge < -0.3 is 15.5 Å². The van der Waals surface area contributed by atoms with Gasteiger partial charge in [-0.05, 0) is 29.8 Å². The molecule has 1 aliphatic heterocycles. The number of benzene rings is 2. The Bertz CT molecular complexity index is 657. The van der Waals surface area contributed by atoms with Gasteiger partial charge in [-0.25, -0.2) is 0 Å². The molecule has 3 rings (SSSR count). The molecule has 0 aliphatic carbocycles. The van der Waals surface area contributed by atoms with Gasteiger partial charge in [-0.2, -0.15) is 0 Å². The Balaban J connectivity index is 1.90. The summed E-state index contributed by atoms with van der Waals surface area (Å²) < 4.78 is 0. The van der Waals surface area contributed by atoms with Crippen molar-refractivity contribution in [3.05, 3.63) is 52.1 Å². The predicted molar refractivity (Wildman–Crippen MR) is 75.1 cm³/mol.